The molecule has 3 heterocycles. The van der Waals surface area contributed by atoms with Gasteiger partial charge in [0.25, 0.3) is 5.95 Å². The van der Waals surface area contributed by atoms with Crippen LogP contribution in [0, 0.1) is 26.6 Å². The molecule has 6 nitrogen and oxygen atoms in total. The zero-order valence-electron chi connectivity index (χ0n) is 15.2. The molecule has 4 rings (SSSR count). The zero-order chi connectivity index (χ0) is 19.1. The number of nitrogens with zero attached hydrogens (tertiary/aromatic N) is 4. The number of halogens is 1. The van der Waals surface area contributed by atoms with Crippen LogP contribution in [0.15, 0.2) is 30.3 Å². The first-order chi connectivity index (χ1) is 12.9. The minimum Gasteiger partial charge on any atom is -0.309 e. The normalized spacial score (nSPS) is 16.6. The second-order valence-corrected chi connectivity index (χ2v) is 7.56. The highest BCUT2D eigenvalue weighted by Crippen LogP contribution is 2.44. The molecule has 1 aliphatic heterocycles. The van der Waals surface area contributed by atoms with Gasteiger partial charge in [-0.2, -0.15) is 9.78 Å². The standard InChI is InChI=1S/C19H18FN5OS/c1-10-8-11(2)22-19(21-10)25-18-16(12(3)24-25)17(27-9-15(26)23-18)13-6-4-5-7-14(13)20/h4-8,17H,9H2,1-3H3,(H,23,26). The molecular weight excluding hydrogens is 365 g/mol. The highest BCUT2D eigenvalue weighted by molar-refractivity contribution is 8.00. The molecule has 8 heteroatoms. The van der Waals surface area contributed by atoms with Gasteiger partial charge in [0.05, 0.1) is 16.7 Å². The molecule has 2 aromatic heterocycles. The third kappa shape index (κ3) is 3.21. The van der Waals surface area contributed by atoms with E-state index in [-0.39, 0.29) is 22.7 Å². The van der Waals surface area contributed by atoms with Crippen LogP contribution in [0.5, 0.6) is 0 Å². The van der Waals surface area contributed by atoms with Crippen LogP contribution in [-0.4, -0.2) is 31.4 Å². The first-order valence-corrected chi connectivity index (χ1v) is 9.57. The molecule has 0 radical (unpaired) electrons. The first-order valence-electron chi connectivity index (χ1n) is 8.52. The smallest absolute Gasteiger partial charge is 0.252 e. The van der Waals surface area contributed by atoms with E-state index >= 15 is 0 Å². The van der Waals surface area contributed by atoms with Crippen molar-refractivity contribution in [2.45, 2.75) is 26.0 Å². The molecule has 138 valence electrons. The Bertz CT molecular complexity index is 1030. The summed E-state index contributed by atoms with van der Waals surface area (Å²) in [5.74, 6) is 0.647. The minimum absolute atomic E-state index is 0.161. The summed E-state index contributed by atoms with van der Waals surface area (Å²) in [6.45, 7) is 5.61. The molecule has 0 saturated carbocycles. The Hall–Kier alpha value is -2.74. The van der Waals surface area contributed by atoms with Gasteiger partial charge >= 0.3 is 0 Å². The molecular formula is C19H18FN5OS. The van der Waals surface area contributed by atoms with Crippen molar-refractivity contribution in [3.05, 3.63) is 64.4 Å². The molecule has 1 N–H and O–H groups in total. The first kappa shape index (κ1) is 17.7. The number of carbonyl (C=O) groups is 1. The van der Waals surface area contributed by atoms with Gasteiger partial charge in [-0.25, -0.2) is 14.4 Å². The Morgan fingerprint density at radius 1 is 1.19 bits per heavy atom. The largest absolute Gasteiger partial charge is 0.309 e. The van der Waals surface area contributed by atoms with E-state index in [2.05, 4.69) is 20.4 Å². The third-order valence-corrected chi connectivity index (χ3v) is 5.61. The Kier molecular flexibility index (Phi) is 4.43. The molecule has 3 aromatic rings. The number of hydrogen-bond acceptors (Lipinski definition) is 5. The summed E-state index contributed by atoms with van der Waals surface area (Å²) in [6.07, 6.45) is 0. The molecule has 1 aliphatic rings. The summed E-state index contributed by atoms with van der Waals surface area (Å²) >= 11 is 1.38. The minimum atomic E-state index is -0.347. The molecule has 1 unspecified atom stereocenters. The van der Waals surface area contributed by atoms with Gasteiger partial charge in [0.1, 0.15) is 11.6 Å². The van der Waals surface area contributed by atoms with Crippen molar-refractivity contribution < 1.29 is 9.18 Å². The predicted octanol–water partition coefficient (Wildman–Crippen LogP) is 3.50. The summed E-state index contributed by atoms with van der Waals surface area (Å²) in [6, 6.07) is 8.50. The molecule has 1 atom stereocenters. The molecule has 0 aliphatic carbocycles. The summed E-state index contributed by atoms with van der Waals surface area (Å²) < 4.78 is 16.0. The van der Waals surface area contributed by atoms with E-state index in [9.17, 15) is 9.18 Å². The number of benzene rings is 1. The summed E-state index contributed by atoms with van der Waals surface area (Å²) in [7, 11) is 0. The molecule has 1 amide bonds. The fourth-order valence-corrected chi connectivity index (χ4v) is 4.47. The second kappa shape index (κ2) is 6.77. The molecule has 0 bridgehead atoms. The highest BCUT2D eigenvalue weighted by atomic mass is 32.2. The van der Waals surface area contributed by atoms with Crippen molar-refractivity contribution in [2.24, 2.45) is 0 Å². The van der Waals surface area contributed by atoms with E-state index in [1.807, 2.05) is 26.8 Å². The van der Waals surface area contributed by atoms with Gasteiger partial charge in [0.15, 0.2) is 0 Å². The van der Waals surface area contributed by atoms with Crippen molar-refractivity contribution in [1.82, 2.24) is 19.7 Å². The number of rotatable bonds is 2. The van der Waals surface area contributed by atoms with Gasteiger partial charge in [0, 0.05) is 22.5 Å². The van der Waals surface area contributed by atoms with Crippen LogP contribution in [0.3, 0.4) is 0 Å². The Morgan fingerprint density at radius 2 is 1.89 bits per heavy atom. The Morgan fingerprint density at radius 3 is 2.59 bits per heavy atom. The van der Waals surface area contributed by atoms with Gasteiger partial charge in [-0.15, -0.1) is 11.8 Å². The van der Waals surface area contributed by atoms with Gasteiger partial charge in [0.2, 0.25) is 5.91 Å². The van der Waals surface area contributed by atoms with Crippen molar-refractivity contribution in [3.8, 4) is 5.95 Å². The molecule has 0 spiro atoms. The van der Waals surface area contributed by atoms with E-state index in [0.29, 0.717) is 23.0 Å². The fourth-order valence-electron chi connectivity index (χ4n) is 3.26. The average Bonchev–Trinajstić information content (AvgIpc) is 2.81. The van der Waals surface area contributed by atoms with Gasteiger partial charge in [-0.3, -0.25) is 4.79 Å². The Balaban J connectivity index is 1.93. The third-order valence-electron chi connectivity index (χ3n) is 4.36. The summed E-state index contributed by atoms with van der Waals surface area (Å²) in [5, 5.41) is 7.13. The molecule has 1 aromatic carbocycles. The van der Waals surface area contributed by atoms with Gasteiger partial charge in [-0.05, 0) is 32.9 Å². The quantitative estimate of drug-likeness (QED) is 0.733. The summed E-state index contributed by atoms with van der Waals surface area (Å²) in [4.78, 5) is 21.2. The number of anilines is 1. The number of thioether (sulfide) groups is 1. The topological polar surface area (TPSA) is 72.7 Å². The number of carbonyl (C=O) groups excluding carboxylic acids is 1. The van der Waals surface area contributed by atoms with Crippen molar-refractivity contribution in [3.63, 3.8) is 0 Å². The van der Waals surface area contributed by atoms with Crippen molar-refractivity contribution >= 4 is 23.5 Å². The van der Waals surface area contributed by atoms with Crippen molar-refractivity contribution in [2.75, 3.05) is 11.1 Å². The fraction of sp³-hybridized carbons (Fsp3) is 0.263. The van der Waals surface area contributed by atoms with Gasteiger partial charge < -0.3 is 5.32 Å². The Labute approximate surface area is 160 Å². The van der Waals surface area contributed by atoms with Crippen LogP contribution in [0.25, 0.3) is 5.95 Å². The van der Waals surface area contributed by atoms with Crippen LogP contribution in [0.1, 0.15) is 33.5 Å². The lowest BCUT2D eigenvalue weighted by molar-refractivity contribution is -0.113. The number of aryl methyl sites for hydroxylation is 3. The second-order valence-electron chi connectivity index (χ2n) is 6.47. The van der Waals surface area contributed by atoms with Crippen LogP contribution in [-0.2, 0) is 4.79 Å². The average molecular weight is 383 g/mol. The van der Waals surface area contributed by atoms with Crippen molar-refractivity contribution in [1.29, 1.82) is 0 Å². The lowest BCUT2D eigenvalue weighted by Crippen LogP contribution is -2.17. The maximum absolute atomic E-state index is 14.5. The van der Waals surface area contributed by atoms with E-state index in [1.165, 1.54) is 17.8 Å². The lowest BCUT2D eigenvalue weighted by Gasteiger charge is -2.16. The SMILES string of the molecule is Cc1cc(C)nc(-n2nc(C)c3c2NC(=O)CSC3c2ccccc2F)n1. The number of amides is 1. The zero-order valence-corrected chi connectivity index (χ0v) is 16.0. The number of aromatic nitrogens is 4. The van der Waals surface area contributed by atoms with Crippen LogP contribution in [0.2, 0.25) is 0 Å². The maximum Gasteiger partial charge on any atom is 0.252 e. The maximum atomic E-state index is 14.5. The van der Waals surface area contributed by atoms with Crippen LogP contribution >= 0.6 is 11.8 Å². The molecule has 0 saturated heterocycles. The predicted molar refractivity (Wildman–Crippen MR) is 103 cm³/mol. The van der Waals surface area contributed by atoms with Gasteiger partial charge in [-0.1, -0.05) is 18.2 Å². The summed E-state index contributed by atoms with van der Waals surface area (Å²) in [5.41, 5.74) is 3.62. The lowest BCUT2D eigenvalue weighted by atomic mass is 10.0. The molecule has 0 fully saturated rings. The number of hydrogen-bond donors (Lipinski definition) is 1. The van der Waals surface area contributed by atoms with Crippen LogP contribution < -0.4 is 5.32 Å². The van der Waals surface area contributed by atoms with E-state index in [4.69, 9.17) is 0 Å². The van der Waals surface area contributed by atoms with E-state index in [0.717, 1.165) is 17.0 Å². The number of nitrogens with one attached hydrogen (secondary N) is 1. The number of fused-ring (bicyclic) bond motifs is 1. The van der Waals surface area contributed by atoms with E-state index < -0.39 is 0 Å². The van der Waals surface area contributed by atoms with E-state index in [1.54, 1.807) is 22.9 Å². The highest BCUT2D eigenvalue weighted by Gasteiger charge is 2.32. The monoisotopic (exact) mass is 383 g/mol. The molecule has 27 heavy (non-hydrogen) atoms. The van der Waals surface area contributed by atoms with Crippen LogP contribution in [0.4, 0.5) is 10.2 Å².